The van der Waals surface area contributed by atoms with E-state index in [4.69, 9.17) is 0 Å². The summed E-state index contributed by atoms with van der Waals surface area (Å²) in [5, 5.41) is 7.16. The number of H-pyrrole nitrogens is 1. The minimum Gasteiger partial charge on any atom is -0.278 e. The zero-order valence-corrected chi connectivity index (χ0v) is 9.77. The summed E-state index contributed by atoms with van der Waals surface area (Å²) in [6.07, 6.45) is 4.01. The molecule has 78 valence electrons. The second-order valence-electron chi connectivity index (χ2n) is 3.57. The normalized spacial score (nSPS) is 10.5. The summed E-state index contributed by atoms with van der Waals surface area (Å²) in [6, 6.07) is 8.51. The fourth-order valence-electron chi connectivity index (χ4n) is 1.55. The van der Waals surface area contributed by atoms with E-state index in [1.54, 1.807) is 0 Å². The summed E-state index contributed by atoms with van der Waals surface area (Å²) in [5.41, 5.74) is 4.91. The van der Waals surface area contributed by atoms with Crippen molar-refractivity contribution >= 4 is 11.8 Å². The first-order valence-corrected chi connectivity index (χ1v) is 6.29. The van der Waals surface area contributed by atoms with Crippen molar-refractivity contribution < 1.29 is 0 Å². The van der Waals surface area contributed by atoms with Crippen molar-refractivity contribution in [1.29, 1.82) is 0 Å². The molecule has 0 spiro atoms. The summed E-state index contributed by atoms with van der Waals surface area (Å²) in [4.78, 5) is 0. The van der Waals surface area contributed by atoms with Crippen LogP contribution in [0.2, 0.25) is 0 Å². The predicted molar refractivity (Wildman–Crippen MR) is 66.0 cm³/mol. The van der Waals surface area contributed by atoms with Gasteiger partial charge in [0.05, 0.1) is 11.9 Å². The number of benzene rings is 1. The number of thioether (sulfide) groups is 1. The van der Waals surface area contributed by atoms with Crippen LogP contribution in [0.15, 0.2) is 30.5 Å². The topological polar surface area (TPSA) is 28.7 Å². The monoisotopic (exact) mass is 218 g/mol. The highest BCUT2D eigenvalue weighted by Crippen LogP contribution is 2.23. The Labute approximate surface area is 94.1 Å². The molecule has 0 unspecified atom stereocenters. The third-order valence-corrected chi connectivity index (χ3v) is 2.96. The van der Waals surface area contributed by atoms with Crippen molar-refractivity contribution in [1.82, 2.24) is 10.2 Å². The van der Waals surface area contributed by atoms with Gasteiger partial charge < -0.3 is 0 Å². The number of nitrogens with zero attached hydrogens (tertiary/aromatic N) is 1. The molecular weight excluding hydrogens is 204 g/mol. The van der Waals surface area contributed by atoms with Crippen molar-refractivity contribution in [2.45, 2.75) is 12.7 Å². The van der Waals surface area contributed by atoms with Crippen LogP contribution in [-0.4, -0.2) is 16.5 Å². The summed E-state index contributed by atoms with van der Waals surface area (Å²) >= 11 is 1.81. The SMILES string of the molecule is CSCc1cn[nH]c1-c1ccc(C)cc1. The quantitative estimate of drug-likeness (QED) is 0.856. The largest absolute Gasteiger partial charge is 0.278 e. The van der Waals surface area contributed by atoms with Crippen LogP contribution >= 0.6 is 11.8 Å². The highest BCUT2D eigenvalue weighted by atomic mass is 32.2. The Bertz CT molecular complexity index is 431. The molecule has 2 aromatic rings. The third kappa shape index (κ3) is 2.23. The van der Waals surface area contributed by atoms with Gasteiger partial charge in [-0.25, -0.2) is 0 Å². The molecule has 1 N–H and O–H groups in total. The lowest BCUT2D eigenvalue weighted by atomic mass is 10.1. The lowest BCUT2D eigenvalue weighted by Crippen LogP contribution is -1.84. The van der Waals surface area contributed by atoms with Gasteiger partial charge >= 0.3 is 0 Å². The van der Waals surface area contributed by atoms with E-state index in [2.05, 4.69) is 47.6 Å². The average molecular weight is 218 g/mol. The van der Waals surface area contributed by atoms with E-state index in [0.29, 0.717) is 0 Å². The zero-order chi connectivity index (χ0) is 10.7. The Hall–Kier alpha value is -1.22. The van der Waals surface area contributed by atoms with Crippen molar-refractivity contribution in [3.63, 3.8) is 0 Å². The summed E-state index contributed by atoms with van der Waals surface area (Å²) in [7, 11) is 0. The molecule has 0 aliphatic heterocycles. The number of rotatable bonds is 3. The lowest BCUT2D eigenvalue weighted by molar-refractivity contribution is 1.09. The molecule has 0 amide bonds. The van der Waals surface area contributed by atoms with Crippen molar-refractivity contribution in [2.24, 2.45) is 0 Å². The Balaban J connectivity index is 2.36. The molecule has 1 aromatic carbocycles. The van der Waals surface area contributed by atoms with Crippen molar-refractivity contribution in [3.05, 3.63) is 41.6 Å². The van der Waals surface area contributed by atoms with Crippen molar-refractivity contribution in [2.75, 3.05) is 6.26 Å². The average Bonchev–Trinajstić information content (AvgIpc) is 2.68. The van der Waals surface area contributed by atoms with Gasteiger partial charge in [0.25, 0.3) is 0 Å². The molecule has 0 saturated carbocycles. The summed E-state index contributed by atoms with van der Waals surface area (Å²) in [5.74, 6) is 1.000. The van der Waals surface area contributed by atoms with E-state index in [1.165, 1.54) is 16.7 Å². The van der Waals surface area contributed by atoms with Crippen LogP contribution in [-0.2, 0) is 5.75 Å². The van der Waals surface area contributed by atoms with Gasteiger partial charge in [0.2, 0.25) is 0 Å². The fraction of sp³-hybridized carbons (Fsp3) is 0.250. The maximum Gasteiger partial charge on any atom is 0.0690 e. The number of hydrogen-bond acceptors (Lipinski definition) is 2. The molecule has 2 nitrogen and oxygen atoms in total. The van der Waals surface area contributed by atoms with Gasteiger partial charge in [0.1, 0.15) is 0 Å². The first-order chi connectivity index (χ1) is 7.31. The molecule has 0 bridgehead atoms. The Morgan fingerprint density at radius 2 is 2.00 bits per heavy atom. The molecule has 0 radical (unpaired) electrons. The molecule has 0 aliphatic rings. The minimum atomic E-state index is 1.000. The highest BCUT2D eigenvalue weighted by Gasteiger charge is 2.06. The van der Waals surface area contributed by atoms with Gasteiger partial charge in [0.15, 0.2) is 0 Å². The minimum absolute atomic E-state index is 1.000. The third-order valence-electron chi connectivity index (χ3n) is 2.36. The van der Waals surface area contributed by atoms with Crippen LogP contribution in [0.4, 0.5) is 0 Å². The van der Waals surface area contributed by atoms with Crippen LogP contribution in [0.5, 0.6) is 0 Å². The number of nitrogens with one attached hydrogen (secondary N) is 1. The van der Waals surface area contributed by atoms with Gasteiger partial charge in [-0.2, -0.15) is 16.9 Å². The second kappa shape index (κ2) is 4.53. The van der Waals surface area contributed by atoms with Crippen LogP contribution in [0.1, 0.15) is 11.1 Å². The maximum absolute atomic E-state index is 4.10. The summed E-state index contributed by atoms with van der Waals surface area (Å²) < 4.78 is 0. The first-order valence-electron chi connectivity index (χ1n) is 4.89. The predicted octanol–water partition coefficient (Wildman–Crippen LogP) is 3.25. The van der Waals surface area contributed by atoms with E-state index < -0.39 is 0 Å². The highest BCUT2D eigenvalue weighted by molar-refractivity contribution is 7.97. The van der Waals surface area contributed by atoms with E-state index in [-0.39, 0.29) is 0 Å². The fourth-order valence-corrected chi connectivity index (χ4v) is 2.08. The first kappa shape index (κ1) is 10.3. The molecule has 2 rings (SSSR count). The Kier molecular flexibility index (Phi) is 3.11. The zero-order valence-electron chi connectivity index (χ0n) is 8.95. The molecule has 0 fully saturated rings. The molecule has 0 saturated heterocycles. The van der Waals surface area contributed by atoms with Crippen LogP contribution in [0, 0.1) is 6.92 Å². The molecule has 15 heavy (non-hydrogen) atoms. The standard InChI is InChI=1S/C12H14N2S/c1-9-3-5-10(6-4-9)12-11(8-15-2)7-13-14-12/h3-7H,8H2,1-2H3,(H,13,14). The van der Waals surface area contributed by atoms with Gasteiger partial charge in [0, 0.05) is 11.3 Å². The van der Waals surface area contributed by atoms with Crippen LogP contribution in [0.3, 0.4) is 0 Å². The van der Waals surface area contributed by atoms with Crippen molar-refractivity contribution in [3.8, 4) is 11.3 Å². The Morgan fingerprint density at radius 3 is 2.67 bits per heavy atom. The molecule has 3 heteroatoms. The van der Waals surface area contributed by atoms with Gasteiger partial charge in [-0.05, 0) is 18.7 Å². The van der Waals surface area contributed by atoms with E-state index in [0.717, 1.165) is 11.4 Å². The van der Waals surface area contributed by atoms with E-state index in [9.17, 15) is 0 Å². The second-order valence-corrected chi connectivity index (χ2v) is 4.44. The van der Waals surface area contributed by atoms with Gasteiger partial charge in [-0.1, -0.05) is 29.8 Å². The van der Waals surface area contributed by atoms with E-state index >= 15 is 0 Å². The van der Waals surface area contributed by atoms with Gasteiger partial charge in [-0.3, -0.25) is 5.10 Å². The number of hydrogen-bond donors (Lipinski definition) is 1. The maximum atomic E-state index is 4.10. The molecule has 1 heterocycles. The Morgan fingerprint density at radius 1 is 1.27 bits per heavy atom. The van der Waals surface area contributed by atoms with Crippen LogP contribution < -0.4 is 0 Å². The number of aromatic nitrogens is 2. The summed E-state index contributed by atoms with van der Waals surface area (Å²) in [6.45, 7) is 2.10. The molecule has 1 aromatic heterocycles. The van der Waals surface area contributed by atoms with E-state index in [1.807, 2.05) is 18.0 Å². The van der Waals surface area contributed by atoms with Gasteiger partial charge in [-0.15, -0.1) is 0 Å². The molecule has 0 atom stereocenters. The molecular formula is C12H14N2S. The lowest BCUT2D eigenvalue weighted by Gasteiger charge is -2.02. The smallest absolute Gasteiger partial charge is 0.0690 e. The number of aryl methyl sites for hydroxylation is 1. The van der Waals surface area contributed by atoms with Crippen LogP contribution in [0.25, 0.3) is 11.3 Å². The number of aromatic amines is 1. The molecule has 0 aliphatic carbocycles.